The van der Waals surface area contributed by atoms with Crippen LogP contribution in [0.15, 0.2) is 36.7 Å². The number of nitrogens with one attached hydrogen (secondary N) is 1. The van der Waals surface area contributed by atoms with Crippen LogP contribution in [-0.4, -0.2) is 22.1 Å². The van der Waals surface area contributed by atoms with Crippen molar-refractivity contribution in [1.29, 1.82) is 0 Å². The third-order valence-electron chi connectivity index (χ3n) is 4.10. The van der Waals surface area contributed by atoms with Gasteiger partial charge in [-0.3, -0.25) is 4.98 Å². The van der Waals surface area contributed by atoms with Crippen LogP contribution < -0.4 is 11.1 Å². The summed E-state index contributed by atoms with van der Waals surface area (Å²) in [6.45, 7) is 5.78. The van der Waals surface area contributed by atoms with Crippen molar-refractivity contribution in [3.8, 4) is 0 Å². The van der Waals surface area contributed by atoms with E-state index in [1.54, 1.807) is 19.1 Å². The summed E-state index contributed by atoms with van der Waals surface area (Å²) in [6.07, 6.45) is 9.39. The van der Waals surface area contributed by atoms with Gasteiger partial charge in [0.1, 0.15) is 5.82 Å². The molecule has 1 heterocycles. The zero-order valence-electron chi connectivity index (χ0n) is 16.3. The van der Waals surface area contributed by atoms with Crippen LogP contribution in [0.3, 0.4) is 0 Å². The first kappa shape index (κ1) is 22.6. The molecule has 1 saturated carbocycles. The summed E-state index contributed by atoms with van der Waals surface area (Å²) in [7, 11) is 0. The standard InChI is InChI=1S/C13H11FN2O2.C6H13N.C2H6/c1-8-2-3-11(10(14)6-8)16-12-7-15-5-4-9(12)13(17)18;7-6-4-2-1-3-5-6;1-2/h2-7,16H,1H3,(H,17,18);6H,1-5,7H2;1-2H3. The molecule has 0 amide bonds. The molecular weight excluding hydrogens is 345 g/mol. The van der Waals surface area contributed by atoms with Crippen molar-refractivity contribution in [3.63, 3.8) is 0 Å². The van der Waals surface area contributed by atoms with Crippen molar-refractivity contribution in [2.24, 2.45) is 5.73 Å². The van der Waals surface area contributed by atoms with E-state index >= 15 is 0 Å². The maximum absolute atomic E-state index is 13.6. The lowest BCUT2D eigenvalue weighted by Crippen LogP contribution is -2.22. The lowest BCUT2D eigenvalue weighted by Gasteiger charge is -2.15. The fourth-order valence-electron chi connectivity index (χ4n) is 2.68. The number of pyridine rings is 1. The minimum atomic E-state index is -1.09. The van der Waals surface area contributed by atoms with Gasteiger partial charge in [-0.25, -0.2) is 9.18 Å². The number of hydrogen-bond acceptors (Lipinski definition) is 4. The van der Waals surface area contributed by atoms with Crippen LogP contribution in [0.5, 0.6) is 0 Å². The average Bonchev–Trinajstić information content (AvgIpc) is 2.67. The Labute approximate surface area is 160 Å². The van der Waals surface area contributed by atoms with E-state index in [1.807, 2.05) is 13.8 Å². The molecule has 148 valence electrons. The maximum Gasteiger partial charge on any atom is 0.337 e. The van der Waals surface area contributed by atoms with Crippen LogP contribution in [0.1, 0.15) is 61.9 Å². The third kappa shape index (κ3) is 7.74. The molecule has 5 nitrogen and oxygen atoms in total. The highest BCUT2D eigenvalue weighted by atomic mass is 19.1. The molecule has 1 aromatic heterocycles. The van der Waals surface area contributed by atoms with Crippen LogP contribution in [0.2, 0.25) is 0 Å². The number of rotatable bonds is 3. The minimum absolute atomic E-state index is 0.0463. The van der Waals surface area contributed by atoms with E-state index in [1.165, 1.54) is 56.6 Å². The van der Waals surface area contributed by atoms with Gasteiger partial charge in [0, 0.05) is 12.2 Å². The van der Waals surface area contributed by atoms with Gasteiger partial charge in [-0.15, -0.1) is 0 Å². The molecule has 27 heavy (non-hydrogen) atoms. The van der Waals surface area contributed by atoms with E-state index < -0.39 is 11.8 Å². The van der Waals surface area contributed by atoms with Gasteiger partial charge in [-0.05, 0) is 43.5 Å². The number of carboxylic acid groups (broad SMARTS) is 1. The Kier molecular flexibility index (Phi) is 10.0. The van der Waals surface area contributed by atoms with E-state index in [4.69, 9.17) is 10.8 Å². The molecular formula is C21H30FN3O2. The number of carbonyl (C=O) groups is 1. The van der Waals surface area contributed by atoms with Gasteiger partial charge in [0.2, 0.25) is 0 Å². The van der Waals surface area contributed by atoms with Gasteiger partial charge < -0.3 is 16.2 Å². The number of hydrogen-bond donors (Lipinski definition) is 3. The first-order valence-corrected chi connectivity index (χ1v) is 9.43. The first-order valence-electron chi connectivity index (χ1n) is 9.43. The van der Waals surface area contributed by atoms with Gasteiger partial charge in [0.05, 0.1) is 23.1 Å². The Morgan fingerprint density at radius 3 is 2.37 bits per heavy atom. The Morgan fingerprint density at radius 2 is 1.85 bits per heavy atom. The zero-order chi connectivity index (χ0) is 20.2. The second kappa shape index (κ2) is 12.0. The summed E-state index contributed by atoms with van der Waals surface area (Å²) in [6, 6.07) is 6.57. The number of nitrogens with zero attached hydrogens (tertiary/aromatic N) is 1. The molecule has 0 bridgehead atoms. The number of aromatic carboxylic acids is 1. The Bertz CT molecular complexity index is 716. The van der Waals surface area contributed by atoms with Crippen LogP contribution in [0, 0.1) is 12.7 Å². The molecule has 0 spiro atoms. The summed E-state index contributed by atoms with van der Waals surface area (Å²) < 4.78 is 13.6. The zero-order valence-corrected chi connectivity index (χ0v) is 16.3. The van der Waals surface area contributed by atoms with E-state index in [0.29, 0.717) is 6.04 Å². The van der Waals surface area contributed by atoms with E-state index in [2.05, 4.69) is 10.3 Å². The van der Waals surface area contributed by atoms with Crippen molar-refractivity contribution in [2.75, 3.05) is 5.32 Å². The second-order valence-corrected chi connectivity index (χ2v) is 6.23. The summed E-state index contributed by atoms with van der Waals surface area (Å²) in [5, 5.41) is 11.7. The number of benzene rings is 1. The molecule has 0 atom stereocenters. The summed E-state index contributed by atoms with van der Waals surface area (Å²) in [5.41, 5.74) is 6.95. The molecule has 3 rings (SSSR count). The maximum atomic E-state index is 13.6. The van der Waals surface area contributed by atoms with Crippen LogP contribution >= 0.6 is 0 Å². The number of halogens is 1. The molecule has 0 unspecified atom stereocenters. The average molecular weight is 375 g/mol. The SMILES string of the molecule is CC.Cc1ccc(Nc2cnccc2C(=O)O)c(F)c1.NC1CCCCC1. The molecule has 6 heteroatoms. The number of anilines is 2. The van der Waals surface area contributed by atoms with Gasteiger partial charge >= 0.3 is 5.97 Å². The Balaban J connectivity index is 0.000000338. The number of aryl methyl sites for hydroxylation is 1. The lowest BCUT2D eigenvalue weighted by atomic mass is 9.97. The number of carboxylic acids is 1. The molecule has 0 aliphatic heterocycles. The van der Waals surface area contributed by atoms with Gasteiger partial charge in [0.25, 0.3) is 0 Å². The lowest BCUT2D eigenvalue weighted by molar-refractivity contribution is 0.0698. The van der Waals surface area contributed by atoms with E-state index in [-0.39, 0.29) is 16.9 Å². The molecule has 2 aromatic rings. The highest BCUT2D eigenvalue weighted by Gasteiger charge is 2.11. The predicted octanol–water partition coefficient (Wildman–Crippen LogP) is 5.27. The highest BCUT2D eigenvalue weighted by Crippen LogP contribution is 2.23. The normalized spacial score (nSPS) is 13.5. The molecule has 1 aliphatic carbocycles. The highest BCUT2D eigenvalue weighted by molar-refractivity contribution is 5.94. The summed E-state index contributed by atoms with van der Waals surface area (Å²) in [5.74, 6) is -1.53. The van der Waals surface area contributed by atoms with Crippen molar-refractivity contribution in [2.45, 2.75) is 58.9 Å². The van der Waals surface area contributed by atoms with Gasteiger partial charge in [-0.2, -0.15) is 0 Å². The van der Waals surface area contributed by atoms with Crippen molar-refractivity contribution >= 4 is 17.3 Å². The van der Waals surface area contributed by atoms with Gasteiger partial charge in [0.15, 0.2) is 0 Å². The number of aromatic nitrogens is 1. The molecule has 0 saturated heterocycles. The molecule has 0 radical (unpaired) electrons. The molecule has 1 aliphatic rings. The quantitative estimate of drug-likeness (QED) is 0.680. The van der Waals surface area contributed by atoms with E-state index in [0.717, 1.165) is 5.56 Å². The minimum Gasteiger partial charge on any atom is -0.478 e. The molecule has 4 N–H and O–H groups in total. The smallest absolute Gasteiger partial charge is 0.337 e. The fourth-order valence-corrected chi connectivity index (χ4v) is 2.68. The largest absolute Gasteiger partial charge is 0.478 e. The first-order chi connectivity index (χ1) is 13.0. The fraction of sp³-hybridized carbons (Fsp3) is 0.429. The van der Waals surface area contributed by atoms with Crippen LogP contribution in [0.4, 0.5) is 15.8 Å². The predicted molar refractivity (Wildman–Crippen MR) is 108 cm³/mol. The van der Waals surface area contributed by atoms with Gasteiger partial charge in [-0.1, -0.05) is 39.2 Å². The second-order valence-electron chi connectivity index (χ2n) is 6.23. The number of nitrogens with two attached hydrogens (primary N) is 1. The van der Waals surface area contributed by atoms with Crippen LogP contribution in [-0.2, 0) is 0 Å². The summed E-state index contributed by atoms with van der Waals surface area (Å²) in [4.78, 5) is 14.8. The summed E-state index contributed by atoms with van der Waals surface area (Å²) >= 11 is 0. The van der Waals surface area contributed by atoms with Crippen molar-refractivity contribution in [1.82, 2.24) is 4.98 Å². The Hall–Kier alpha value is -2.47. The third-order valence-corrected chi connectivity index (χ3v) is 4.10. The monoisotopic (exact) mass is 375 g/mol. The molecule has 1 fully saturated rings. The molecule has 1 aromatic carbocycles. The topological polar surface area (TPSA) is 88.2 Å². The van der Waals surface area contributed by atoms with Crippen LogP contribution in [0.25, 0.3) is 0 Å². The van der Waals surface area contributed by atoms with Crippen molar-refractivity contribution < 1.29 is 14.3 Å². The Morgan fingerprint density at radius 1 is 1.19 bits per heavy atom. The van der Waals surface area contributed by atoms with Crippen molar-refractivity contribution in [3.05, 3.63) is 53.6 Å². The van der Waals surface area contributed by atoms with E-state index in [9.17, 15) is 9.18 Å².